The summed E-state index contributed by atoms with van der Waals surface area (Å²) in [6, 6.07) is 14.9. The number of aromatic nitrogens is 2. The number of rotatable bonds is 4. The Kier molecular flexibility index (Phi) is 5.01. The Bertz CT molecular complexity index is 1240. The molecule has 1 aromatic heterocycles. The van der Waals surface area contributed by atoms with E-state index in [2.05, 4.69) is 15.7 Å². The highest BCUT2D eigenvalue weighted by Gasteiger charge is 2.37. The van der Waals surface area contributed by atoms with Gasteiger partial charge in [-0.2, -0.15) is 5.10 Å². The molecule has 0 bridgehead atoms. The number of ketones is 1. The van der Waals surface area contributed by atoms with E-state index in [0.29, 0.717) is 17.8 Å². The van der Waals surface area contributed by atoms with Gasteiger partial charge in [-0.25, -0.2) is 4.68 Å². The van der Waals surface area contributed by atoms with E-state index in [0.717, 1.165) is 46.7 Å². The molecule has 7 nitrogen and oxygen atoms in total. The highest BCUT2D eigenvalue weighted by molar-refractivity contribution is 6.08. The lowest BCUT2D eigenvalue weighted by molar-refractivity contribution is -0.116. The van der Waals surface area contributed by atoms with Crippen LogP contribution in [0.1, 0.15) is 46.8 Å². The summed E-state index contributed by atoms with van der Waals surface area (Å²) in [7, 11) is 1.62. The SMILES string of the molecule is COc1ccc(C2C3=C(CCCC3=O)Nc3c(C(=O)Nc4cccc(C)c4)cnn32)cc1. The van der Waals surface area contributed by atoms with Crippen LogP contribution < -0.4 is 15.4 Å². The number of fused-ring (bicyclic) bond motifs is 1. The van der Waals surface area contributed by atoms with E-state index in [1.165, 1.54) is 0 Å². The first kappa shape index (κ1) is 20.1. The van der Waals surface area contributed by atoms with Crippen LogP contribution in [0.15, 0.2) is 66.0 Å². The van der Waals surface area contributed by atoms with Gasteiger partial charge in [-0.3, -0.25) is 9.59 Å². The van der Waals surface area contributed by atoms with E-state index < -0.39 is 0 Å². The molecule has 0 saturated heterocycles. The largest absolute Gasteiger partial charge is 0.497 e. The van der Waals surface area contributed by atoms with E-state index in [1.54, 1.807) is 18.0 Å². The summed E-state index contributed by atoms with van der Waals surface area (Å²) in [6.45, 7) is 1.98. The molecule has 1 amide bonds. The maximum Gasteiger partial charge on any atom is 0.261 e. The molecular weight excluding hydrogens is 404 g/mol. The highest BCUT2D eigenvalue weighted by Crippen LogP contribution is 2.41. The van der Waals surface area contributed by atoms with E-state index in [1.807, 2.05) is 55.5 Å². The van der Waals surface area contributed by atoms with Crippen molar-refractivity contribution in [3.8, 4) is 5.75 Å². The van der Waals surface area contributed by atoms with Crippen molar-refractivity contribution in [3.05, 3.63) is 82.7 Å². The lowest BCUT2D eigenvalue weighted by Crippen LogP contribution is -2.32. The van der Waals surface area contributed by atoms with Crippen LogP contribution in [-0.2, 0) is 4.79 Å². The standard InChI is InChI=1S/C25H24N4O3/c1-15-5-3-6-17(13-15)27-25(31)19-14-26-29-23(16-9-11-18(32-2)12-10-16)22-20(28-24(19)29)7-4-8-21(22)30/h3,5-6,9-14,23,28H,4,7-8H2,1-2H3,(H,27,31). The molecule has 2 heterocycles. The molecule has 1 atom stereocenters. The van der Waals surface area contributed by atoms with Crippen LogP contribution in [0.5, 0.6) is 5.75 Å². The molecule has 5 rings (SSSR count). The van der Waals surface area contributed by atoms with Crippen LogP contribution in [0.4, 0.5) is 11.5 Å². The van der Waals surface area contributed by atoms with Gasteiger partial charge in [-0.1, -0.05) is 24.3 Å². The summed E-state index contributed by atoms with van der Waals surface area (Å²) in [5.41, 5.74) is 4.75. The summed E-state index contributed by atoms with van der Waals surface area (Å²) < 4.78 is 7.03. The van der Waals surface area contributed by atoms with Gasteiger partial charge in [-0.15, -0.1) is 0 Å². The number of Topliss-reactive ketones (excluding diaryl/α,β-unsaturated/α-hetero) is 1. The van der Waals surface area contributed by atoms with Crippen LogP contribution >= 0.6 is 0 Å². The molecule has 2 aliphatic rings. The Morgan fingerprint density at radius 3 is 2.75 bits per heavy atom. The molecule has 2 aromatic carbocycles. The molecule has 0 spiro atoms. The van der Waals surface area contributed by atoms with Crippen LogP contribution in [-0.4, -0.2) is 28.6 Å². The Morgan fingerprint density at radius 2 is 2.00 bits per heavy atom. The number of hydrogen-bond acceptors (Lipinski definition) is 5. The molecule has 7 heteroatoms. The smallest absolute Gasteiger partial charge is 0.261 e. The molecule has 162 valence electrons. The van der Waals surface area contributed by atoms with Crippen molar-refractivity contribution in [3.63, 3.8) is 0 Å². The second kappa shape index (κ2) is 8.00. The minimum absolute atomic E-state index is 0.117. The van der Waals surface area contributed by atoms with Gasteiger partial charge in [0.05, 0.1) is 13.3 Å². The topological polar surface area (TPSA) is 85.2 Å². The van der Waals surface area contributed by atoms with Crippen molar-refractivity contribution in [2.24, 2.45) is 0 Å². The van der Waals surface area contributed by atoms with Crippen molar-refractivity contribution >= 4 is 23.2 Å². The van der Waals surface area contributed by atoms with Gasteiger partial charge in [0.1, 0.15) is 23.2 Å². The third kappa shape index (κ3) is 3.45. The Hall–Kier alpha value is -3.87. The Labute approximate surface area is 186 Å². The van der Waals surface area contributed by atoms with Gasteiger partial charge in [0, 0.05) is 23.4 Å². The second-order valence-electron chi connectivity index (χ2n) is 8.14. The first-order valence-corrected chi connectivity index (χ1v) is 10.7. The zero-order valence-electron chi connectivity index (χ0n) is 18.0. The molecule has 0 fully saturated rings. The monoisotopic (exact) mass is 428 g/mol. The zero-order chi connectivity index (χ0) is 22.2. The molecule has 32 heavy (non-hydrogen) atoms. The molecule has 0 saturated carbocycles. The minimum Gasteiger partial charge on any atom is -0.497 e. The molecule has 2 N–H and O–H groups in total. The Balaban J connectivity index is 1.56. The average molecular weight is 428 g/mol. The normalized spacial score (nSPS) is 17.3. The first-order chi connectivity index (χ1) is 15.5. The summed E-state index contributed by atoms with van der Waals surface area (Å²) in [5.74, 6) is 1.21. The molecule has 1 unspecified atom stereocenters. The van der Waals surface area contributed by atoms with Crippen LogP contribution in [0, 0.1) is 6.92 Å². The number of amides is 1. The zero-order valence-corrected chi connectivity index (χ0v) is 18.0. The lowest BCUT2D eigenvalue weighted by Gasteiger charge is -2.33. The summed E-state index contributed by atoms with van der Waals surface area (Å²) in [4.78, 5) is 26.0. The molecule has 1 aliphatic heterocycles. The predicted octanol–water partition coefficient (Wildman–Crippen LogP) is 4.47. The van der Waals surface area contributed by atoms with Crippen molar-refractivity contribution in [1.82, 2.24) is 9.78 Å². The molecular formula is C25H24N4O3. The summed E-state index contributed by atoms with van der Waals surface area (Å²) in [5, 5.41) is 10.8. The van der Waals surface area contributed by atoms with Gasteiger partial charge in [0.15, 0.2) is 5.78 Å². The number of carbonyl (C=O) groups excluding carboxylic acids is 2. The van der Waals surface area contributed by atoms with Crippen molar-refractivity contribution in [2.45, 2.75) is 32.2 Å². The number of hydrogen-bond donors (Lipinski definition) is 2. The number of benzene rings is 2. The number of anilines is 2. The van der Waals surface area contributed by atoms with E-state index in [9.17, 15) is 9.59 Å². The van der Waals surface area contributed by atoms with Gasteiger partial charge in [0.25, 0.3) is 5.91 Å². The van der Waals surface area contributed by atoms with Gasteiger partial charge in [0.2, 0.25) is 0 Å². The fourth-order valence-electron chi connectivity index (χ4n) is 4.44. The molecule has 0 radical (unpaired) electrons. The number of nitrogens with zero attached hydrogens (tertiary/aromatic N) is 2. The third-order valence-electron chi connectivity index (χ3n) is 5.99. The van der Waals surface area contributed by atoms with Gasteiger partial charge < -0.3 is 15.4 Å². The van der Waals surface area contributed by atoms with Crippen molar-refractivity contribution in [1.29, 1.82) is 0 Å². The number of methoxy groups -OCH3 is 1. The molecule has 1 aliphatic carbocycles. The summed E-state index contributed by atoms with van der Waals surface area (Å²) in [6.07, 6.45) is 3.63. The fraction of sp³-hybridized carbons (Fsp3) is 0.240. The second-order valence-corrected chi connectivity index (χ2v) is 8.14. The Morgan fingerprint density at radius 1 is 1.19 bits per heavy atom. The van der Waals surface area contributed by atoms with Gasteiger partial charge in [-0.05, 0) is 55.2 Å². The number of carbonyl (C=O) groups is 2. The predicted molar refractivity (Wildman–Crippen MR) is 122 cm³/mol. The first-order valence-electron chi connectivity index (χ1n) is 10.7. The summed E-state index contributed by atoms with van der Waals surface area (Å²) >= 11 is 0. The van der Waals surface area contributed by atoms with E-state index in [-0.39, 0.29) is 17.7 Å². The van der Waals surface area contributed by atoms with Crippen molar-refractivity contribution in [2.75, 3.05) is 17.7 Å². The van der Waals surface area contributed by atoms with Crippen molar-refractivity contribution < 1.29 is 14.3 Å². The quantitative estimate of drug-likeness (QED) is 0.640. The number of nitrogens with one attached hydrogen (secondary N) is 2. The van der Waals surface area contributed by atoms with Crippen LogP contribution in [0.25, 0.3) is 0 Å². The van der Waals surface area contributed by atoms with Crippen LogP contribution in [0.3, 0.4) is 0 Å². The highest BCUT2D eigenvalue weighted by atomic mass is 16.5. The van der Waals surface area contributed by atoms with Gasteiger partial charge >= 0.3 is 0 Å². The number of allylic oxidation sites excluding steroid dienone is 2. The fourth-order valence-corrected chi connectivity index (χ4v) is 4.44. The maximum atomic E-state index is 13.1. The minimum atomic E-state index is -0.388. The maximum absolute atomic E-state index is 13.1. The number of ether oxygens (including phenoxy) is 1. The average Bonchev–Trinajstić information content (AvgIpc) is 3.22. The van der Waals surface area contributed by atoms with Crippen LogP contribution in [0.2, 0.25) is 0 Å². The van der Waals surface area contributed by atoms with E-state index in [4.69, 9.17) is 4.74 Å². The molecule has 3 aromatic rings. The number of aryl methyl sites for hydroxylation is 1. The third-order valence-corrected chi connectivity index (χ3v) is 5.99. The van der Waals surface area contributed by atoms with E-state index >= 15 is 0 Å². The lowest BCUT2D eigenvalue weighted by atomic mass is 9.85.